The Hall–Kier alpha value is -4.48. The van der Waals surface area contributed by atoms with E-state index in [0.29, 0.717) is 13.2 Å². The summed E-state index contributed by atoms with van der Waals surface area (Å²) in [5.41, 5.74) is 4.89. The minimum atomic E-state index is -1.21. The van der Waals surface area contributed by atoms with Crippen LogP contribution in [0, 0.1) is 0 Å². The zero-order valence-electron chi connectivity index (χ0n) is 31.8. The van der Waals surface area contributed by atoms with Gasteiger partial charge in [0.05, 0.1) is 39.6 Å². The van der Waals surface area contributed by atoms with Crippen LogP contribution in [0.4, 0.5) is 0 Å². The van der Waals surface area contributed by atoms with Gasteiger partial charge in [-0.3, -0.25) is 0 Å². The van der Waals surface area contributed by atoms with E-state index in [4.69, 9.17) is 33.2 Å². The van der Waals surface area contributed by atoms with Gasteiger partial charge in [0.25, 0.3) is 0 Å². The van der Waals surface area contributed by atoms with Crippen LogP contribution >= 0.6 is 0 Å². The van der Waals surface area contributed by atoms with Crippen LogP contribution in [0.5, 0.6) is 0 Å². The Balaban J connectivity index is 1.57. The lowest BCUT2D eigenvalue weighted by molar-refractivity contribution is -0.227. The van der Waals surface area contributed by atoms with Crippen LogP contribution in [0.25, 0.3) is 0 Å². The number of hydrogen-bond donors (Lipinski definition) is 1. The van der Waals surface area contributed by atoms with E-state index in [-0.39, 0.29) is 33.2 Å². The van der Waals surface area contributed by atoms with E-state index in [1.54, 1.807) is 13.2 Å². The lowest BCUT2D eigenvalue weighted by atomic mass is 9.94. The van der Waals surface area contributed by atoms with Crippen LogP contribution in [0.1, 0.15) is 34.7 Å². The first-order valence-electron chi connectivity index (χ1n) is 18.8. The summed E-state index contributed by atoms with van der Waals surface area (Å²) in [6.45, 7) is 3.36. The van der Waals surface area contributed by atoms with Gasteiger partial charge in [0.15, 0.2) is 0 Å². The van der Waals surface area contributed by atoms with E-state index < -0.39 is 36.6 Å². The number of allylic oxidation sites excluding steroid dienone is 1. The summed E-state index contributed by atoms with van der Waals surface area (Å²) in [6, 6.07) is 49.7. The quantitative estimate of drug-likeness (QED) is 0.0471. The molecule has 8 heteroatoms. The van der Waals surface area contributed by atoms with E-state index in [2.05, 4.69) is 0 Å². The third kappa shape index (κ3) is 14.3. The van der Waals surface area contributed by atoms with E-state index in [9.17, 15) is 5.11 Å². The molecule has 0 saturated heterocycles. The molecule has 5 rings (SSSR count). The van der Waals surface area contributed by atoms with E-state index >= 15 is 0 Å². The number of aliphatic hydroxyl groups is 1. The van der Waals surface area contributed by atoms with Crippen molar-refractivity contribution in [1.82, 2.24) is 0 Å². The van der Waals surface area contributed by atoms with Crippen LogP contribution in [0.3, 0.4) is 0 Å². The molecule has 0 heterocycles. The zero-order valence-corrected chi connectivity index (χ0v) is 31.8. The molecule has 0 aliphatic rings. The first-order valence-corrected chi connectivity index (χ1v) is 18.8. The molecule has 0 unspecified atom stereocenters. The molecule has 0 aliphatic carbocycles. The van der Waals surface area contributed by atoms with Gasteiger partial charge < -0.3 is 38.3 Å². The number of ether oxygens (including phenoxy) is 7. The van der Waals surface area contributed by atoms with Crippen molar-refractivity contribution in [3.05, 3.63) is 192 Å². The first-order chi connectivity index (χ1) is 27.1. The molecule has 6 atom stereocenters. The summed E-state index contributed by atoms with van der Waals surface area (Å²) >= 11 is 0. The summed E-state index contributed by atoms with van der Waals surface area (Å²) < 4.78 is 45.1. The summed E-state index contributed by atoms with van der Waals surface area (Å²) in [7, 11) is 1.55. The van der Waals surface area contributed by atoms with Crippen molar-refractivity contribution in [2.24, 2.45) is 0 Å². The highest BCUT2D eigenvalue weighted by Gasteiger charge is 2.44. The second-order valence-electron chi connectivity index (χ2n) is 13.2. The second kappa shape index (κ2) is 24.1. The van der Waals surface area contributed by atoms with Crippen LogP contribution in [-0.2, 0) is 66.2 Å². The lowest BCUT2D eigenvalue weighted by Gasteiger charge is -2.40. The highest BCUT2D eigenvalue weighted by atomic mass is 16.7. The molecule has 0 radical (unpaired) electrons. The van der Waals surface area contributed by atoms with Crippen molar-refractivity contribution in [2.75, 3.05) is 20.5 Å². The highest BCUT2D eigenvalue weighted by molar-refractivity contribution is 5.17. The summed E-state index contributed by atoms with van der Waals surface area (Å²) in [5, 5.41) is 12.4. The average Bonchev–Trinajstić information content (AvgIpc) is 3.24. The third-order valence-electron chi connectivity index (χ3n) is 9.00. The maximum atomic E-state index is 12.4. The van der Waals surface area contributed by atoms with Crippen LogP contribution < -0.4 is 0 Å². The van der Waals surface area contributed by atoms with Gasteiger partial charge in [-0.05, 0) is 34.7 Å². The number of methoxy groups -OCH3 is 1. The second-order valence-corrected chi connectivity index (χ2v) is 13.2. The van der Waals surface area contributed by atoms with Crippen molar-refractivity contribution in [2.45, 2.75) is 76.6 Å². The van der Waals surface area contributed by atoms with Gasteiger partial charge in [-0.15, -0.1) is 0 Å². The van der Waals surface area contributed by atoms with Crippen molar-refractivity contribution in [1.29, 1.82) is 0 Å². The van der Waals surface area contributed by atoms with Crippen molar-refractivity contribution in [3.8, 4) is 0 Å². The van der Waals surface area contributed by atoms with E-state index in [1.807, 2.05) is 165 Å². The van der Waals surface area contributed by atoms with Gasteiger partial charge in [0.2, 0.25) is 0 Å². The predicted octanol–water partition coefficient (Wildman–Crippen LogP) is 8.47. The molecule has 0 amide bonds. The molecule has 1 N–H and O–H groups in total. The molecule has 55 heavy (non-hydrogen) atoms. The Kier molecular flexibility index (Phi) is 18.3. The number of rotatable bonds is 25. The van der Waals surface area contributed by atoms with Crippen molar-refractivity contribution in [3.63, 3.8) is 0 Å². The number of benzene rings is 5. The lowest BCUT2D eigenvalue weighted by Crippen LogP contribution is -2.56. The van der Waals surface area contributed by atoms with Gasteiger partial charge in [-0.2, -0.15) is 0 Å². The fourth-order valence-electron chi connectivity index (χ4n) is 6.15. The zero-order chi connectivity index (χ0) is 38.3. The van der Waals surface area contributed by atoms with Gasteiger partial charge in [0, 0.05) is 7.11 Å². The Morgan fingerprint density at radius 1 is 0.473 bits per heavy atom. The average molecular weight is 747 g/mol. The normalized spacial score (nSPS) is 15.0. The highest BCUT2D eigenvalue weighted by Crippen LogP contribution is 2.27. The van der Waals surface area contributed by atoms with E-state index in [1.165, 1.54) is 0 Å². The fourth-order valence-corrected chi connectivity index (χ4v) is 6.15. The molecule has 5 aromatic rings. The Morgan fingerprint density at radius 3 is 1.27 bits per heavy atom. The molecule has 0 fully saturated rings. The smallest absolute Gasteiger partial charge is 0.147 e. The van der Waals surface area contributed by atoms with Gasteiger partial charge in [-0.25, -0.2) is 0 Å². The largest absolute Gasteiger partial charge is 0.387 e. The molecule has 0 saturated carbocycles. The molecule has 290 valence electrons. The predicted molar refractivity (Wildman–Crippen MR) is 214 cm³/mol. The van der Waals surface area contributed by atoms with E-state index in [0.717, 1.165) is 27.8 Å². The number of aliphatic hydroxyl groups excluding tert-OH is 1. The van der Waals surface area contributed by atoms with Crippen LogP contribution in [0.15, 0.2) is 164 Å². The van der Waals surface area contributed by atoms with Gasteiger partial charge >= 0.3 is 0 Å². The maximum absolute atomic E-state index is 12.4. The van der Waals surface area contributed by atoms with Crippen molar-refractivity contribution < 1.29 is 38.3 Å². The Labute approximate surface area is 326 Å². The molecular formula is C47H54O8. The summed E-state index contributed by atoms with van der Waals surface area (Å²) in [4.78, 5) is 0. The SMILES string of the molecule is C/C=C/[C@@H](OCOC)[C@H](O)[C@@H](OCc1ccccc1)[C@@H](OCc1ccccc1)[C@H](OCc1ccccc1)[C@@H](COCc1ccccc1)OCc1ccccc1. The van der Waals surface area contributed by atoms with Gasteiger partial charge in [0.1, 0.15) is 43.4 Å². The first kappa shape index (κ1) is 41.7. The molecular weight excluding hydrogens is 693 g/mol. The summed E-state index contributed by atoms with van der Waals surface area (Å²) in [5.74, 6) is 0. The molecule has 0 aromatic heterocycles. The number of hydrogen-bond acceptors (Lipinski definition) is 8. The minimum absolute atomic E-state index is 0.0307. The molecule has 0 bridgehead atoms. The monoisotopic (exact) mass is 746 g/mol. The maximum Gasteiger partial charge on any atom is 0.147 e. The van der Waals surface area contributed by atoms with Crippen LogP contribution in [-0.4, -0.2) is 62.2 Å². The van der Waals surface area contributed by atoms with Gasteiger partial charge in [-0.1, -0.05) is 164 Å². The molecule has 0 spiro atoms. The van der Waals surface area contributed by atoms with Crippen LogP contribution in [0.2, 0.25) is 0 Å². The molecule has 8 nitrogen and oxygen atoms in total. The third-order valence-corrected chi connectivity index (χ3v) is 9.00. The molecule has 0 aliphatic heterocycles. The Bertz CT molecular complexity index is 1720. The standard InChI is InChI=1S/C47H54O8/c1-3-19-42(55-36-49-2)44(48)46(53-33-40-26-15-7-16-27-40)47(54-34-41-28-17-8-18-29-41)45(52-32-39-24-13-6-14-25-39)43(51-31-38-22-11-5-12-23-38)35-50-30-37-20-9-4-10-21-37/h3-29,42-48H,30-36H2,1-2H3/b19-3+/t42-,43-,44+,45-,46-,47+/m1/s1. The Morgan fingerprint density at radius 2 is 0.855 bits per heavy atom. The fraction of sp³-hybridized carbons (Fsp3) is 0.319. The van der Waals surface area contributed by atoms with Crippen molar-refractivity contribution >= 4 is 0 Å². The molecule has 5 aromatic carbocycles. The minimum Gasteiger partial charge on any atom is -0.387 e. The summed E-state index contributed by atoms with van der Waals surface area (Å²) in [6.07, 6.45) is -1.69. The topological polar surface area (TPSA) is 84.8 Å².